The largest absolute Gasteiger partial charge is 0.394 e. The molecule has 0 spiro atoms. The number of nitrogens with one attached hydrogen (secondary N) is 3. The molecule has 0 amide bonds. The number of nitrogens with two attached hydrogens (primary N) is 2. The van der Waals surface area contributed by atoms with Crippen LogP contribution in [-0.4, -0.2) is 35.5 Å². The molecule has 0 aromatic carbocycles. The fourth-order valence-corrected chi connectivity index (χ4v) is 1.57. The molecule has 112 valence electrons. The molecular weight excluding hydrogens is 276 g/mol. The molecule has 9 N–H and O–H groups in total. The van der Waals surface area contributed by atoms with Crippen molar-refractivity contribution in [2.75, 3.05) is 0 Å². The van der Waals surface area contributed by atoms with E-state index in [9.17, 15) is 0 Å². The molecule has 1 aliphatic carbocycles. The minimum atomic E-state index is -4.67. The number of rotatable bonds is 1. The van der Waals surface area contributed by atoms with Gasteiger partial charge in [0.05, 0.1) is 6.04 Å². The Hall–Kier alpha value is -1.59. The van der Waals surface area contributed by atoms with Crippen LogP contribution >= 0.6 is 0 Å². The van der Waals surface area contributed by atoms with Gasteiger partial charge in [-0.3, -0.25) is 25.4 Å². The normalized spacial score (nSPS) is 17.1. The van der Waals surface area contributed by atoms with Crippen LogP contribution < -0.4 is 22.3 Å². The highest BCUT2D eigenvalue weighted by Crippen LogP contribution is 2.19. The lowest BCUT2D eigenvalue weighted by Gasteiger charge is -2.18. The highest BCUT2D eigenvalue weighted by Gasteiger charge is 2.12. The lowest BCUT2D eigenvalue weighted by Crippen LogP contribution is -2.48. The summed E-state index contributed by atoms with van der Waals surface area (Å²) in [5.74, 6) is 0.124. The van der Waals surface area contributed by atoms with Crippen molar-refractivity contribution in [3.63, 3.8) is 0 Å². The second-order valence-electron chi connectivity index (χ2n) is 3.92. The Morgan fingerprint density at radius 2 is 1.63 bits per heavy atom. The molecule has 0 aromatic rings. The summed E-state index contributed by atoms with van der Waals surface area (Å²) in [5, 5.41) is 6.90. The van der Waals surface area contributed by atoms with Crippen molar-refractivity contribution < 1.29 is 17.5 Å². The van der Waals surface area contributed by atoms with E-state index in [4.69, 9.17) is 34.4 Å². The molecule has 1 rings (SSSR count). The van der Waals surface area contributed by atoms with Gasteiger partial charge in [0, 0.05) is 0 Å². The fourth-order valence-electron chi connectivity index (χ4n) is 1.57. The van der Waals surface area contributed by atoms with Crippen molar-refractivity contribution in [2.24, 2.45) is 16.5 Å². The van der Waals surface area contributed by atoms with E-state index in [1.807, 2.05) is 0 Å². The van der Waals surface area contributed by atoms with Crippen molar-refractivity contribution in [3.05, 3.63) is 0 Å². The number of hydrazine groups is 1. The third-order valence-corrected chi connectivity index (χ3v) is 2.22. The predicted octanol–water partition coefficient (Wildman–Crippen LogP) is -1.03. The van der Waals surface area contributed by atoms with Crippen molar-refractivity contribution in [3.8, 4) is 0 Å². The highest BCUT2D eigenvalue weighted by atomic mass is 32.3. The van der Waals surface area contributed by atoms with Gasteiger partial charge in [0.1, 0.15) is 0 Å². The number of hydrogen-bond donors (Lipinski definition) is 7. The van der Waals surface area contributed by atoms with E-state index in [0.29, 0.717) is 12.0 Å². The second-order valence-corrected chi connectivity index (χ2v) is 4.81. The van der Waals surface area contributed by atoms with Gasteiger partial charge in [0.2, 0.25) is 11.9 Å². The standard InChI is InChI=1S/C8H18N6.H2O4S/c9-7(10)13-14-8(11)12-6-4-2-1-3-5-6;1-5(2,3)4/h6H,1-5H2,(H4,9,10,13)(H3,11,12,14);(H2,1,2,3,4). The van der Waals surface area contributed by atoms with E-state index in [1.165, 1.54) is 19.3 Å². The van der Waals surface area contributed by atoms with E-state index < -0.39 is 10.4 Å². The van der Waals surface area contributed by atoms with Crippen molar-refractivity contribution in [2.45, 2.75) is 38.1 Å². The van der Waals surface area contributed by atoms with Crippen molar-refractivity contribution in [1.82, 2.24) is 10.9 Å². The first-order chi connectivity index (χ1) is 8.68. The van der Waals surface area contributed by atoms with Gasteiger partial charge >= 0.3 is 10.4 Å². The summed E-state index contributed by atoms with van der Waals surface area (Å²) >= 11 is 0. The average Bonchev–Trinajstić information content (AvgIpc) is 2.25. The molecule has 1 fully saturated rings. The molecule has 19 heavy (non-hydrogen) atoms. The monoisotopic (exact) mass is 296 g/mol. The van der Waals surface area contributed by atoms with Crippen LogP contribution in [0.5, 0.6) is 0 Å². The molecule has 1 aliphatic rings. The maximum Gasteiger partial charge on any atom is 0.394 e. The maximum atomic E-state index is 8.74. The lowest BCUT2D eigenvalue weighted by atomic mass is 9.96. The van der Waals surface area contributed by atoms with E-state index in [-0.39, 0.29) is 5.96 Å². The first-order valence-electron chi connectivity index (χ1n) is 5.57. The molecule has 0 heterocycles. The molecule has 0 unspecified atom stereocenters. The highest BCUT2D eigenvalue weighted by molar-refractivity contribution is 7.79. The number of hydrogen-bond acceptors (Lipinski definition) is 4. The summed E-state index contributed by atoms with van der Waals surface area (Å²) in [5.41, 5.74) is 15.6. The molecule has 10 nitrogen and oxygen atoms in total. The number of nitrogens with zero attached hydrogens (tertiary/aromatic N) is 1. The first kappa shape index (κ1) is 17.4. The maximum absolute atomic E-state index is 8.74. The summed E-state index contributed by atoms with van der Waals surface area (Å²) in [4.78, 5) is 4.28. The first-order valence-corrected chi connectivity index (χ1v) is 6.97. The van der Waals surface area contributed by atoms with Gasteiger partial charge in [-0.1, -0.05) is 19.3 Å². The Morgan fingerprint density at radius 1 is 1.16 bits per heavy atom. The van der Waals surface area contributed by atoms with Crippen LogP contribution in [0.25, 0.3) is 0 Å². The third-order valence-electron chi connectivity index (χ3n) is 2.22. The Morgan fingerprint density at radius 3 is 2.05 bits per heavy atom. The van der Waals surface area contributed by atoms with Gasteiger partial charge in [-0.2, -0.15) is 8.42 Å². The second kappa shape index (κ2) is 8.50. The van der Waals surface area contributed by atoms with Crippen LogP contribution in [0.15, 0.2) is 4.99 Å². The zero-order valence-corrected chi connectivity index (χ0v) is 11.2. The zero-order valence-electron chi connectivity index (χ0n) is 10.3. The quantitative estimate of drug-likeness (QED) is 0.138. The van der Waals surface area contributed by atoms with E-state index in [2.05, 4.69) is 15.8 Å². The van der Waals surface area contributed by atoms with Crippen LogP contribution in [0.3, 0.4) is 0 Å². The third kappa shape index (κ3) is 14.3. The van der Waals surface area contributed by atoms with Crippen molar-refractivity contribution in [1.29, 1.82) is 5.41 Å². The molecule has 11 heteroatoms. The minimum Gasteiger partial charge on any atom is -0.369 e. The fraction of sp³-hybridized carbons (Fsp3) is 0.750. The van der Waals surface area contributed by atoms with Gasteiger partial charge in [-0.25, -0.2) is 4.99 Å². The summed E-state index contributed by atoms with van der Waals surface area (Å²) in [6.45, 7) is 0. The molecule has 0 bridgehead atoms. The van der Waals surface area contributed by atoms with Crippen LogP contribution in [0.2, 0.25) is 0 Å². The molecule has 1 saturated carbocycles. The summed E-state index contributed by atoms with van der Waals surface area (Å²) in [6.07, 6.45) is 5.94. The SMILES string of the molecule is N=C(N)NNC(N)=NC1CCCCC1.O=S(=O)(O)O. The average molecular weight is 296 g/mol. The molecule has 0 atom stereocenters. The van der Waals surface area contributed by atoms with Gasteiger partial charge in [-0.15, -0.1) is 0 Å². The minimum absolute atomic E-state index is 0.174. The van der Waals surface area contributed by atoms with Crippen LogP contribution in [0, 0.1) is 5.41 Å². The Balaban J connectivity index is 0.000000555. The Bertz CT molecular complexity index is 395. The number of aliphatic imine (C=N–C) groups is 1. The van der Waals surface area contributed by atoms with E-state index in [0.717, 1.165) is 12.8 Å². The van der Waals surface area contributed by atoms with Crippen LogP contribution in [0.4, 0.5) is 0 Å². The van der Waals surface area contributed by atoms with E-state index >= 15 is 0 Å². The summed E-state index contributed by atoms with van der Waals surface area (Å²) < 4.78 is 31.6. The lowest BCUT2D eigenvalue weighted by molar-refractivity contribution is 0.381. The van der Waals surface area contributed by atoms with Gasteiger partial charge in [0.25, 0.3) is 0 Å². The van der Waals surface area contributed by atoms with E-state index in [1.54, 1.807) is 0 Å². The van der Waals surface area contributed by atoms with Crippen molar-refractivity contribution >= 4 is 22.3 Å². The van der Waals surface area contributed by atoms with Gasteiger partial charge < -0.3 is 11.5 Å². The molecule has 0 aromatic heterocycles. The summed E-state index contributed by atoms with van der Waals surface area (Å²) in [6, 6.07) is 0.324. The Kier molecular flexibility index (Phi) is 7.79. The molecular formula is C8H20N6O4S. The van der Waals surface area contributed by atoms with Crippen LogP contribution in [0.1, 0.15) is 32.1 Å². The molecule has 0 aliphatic heterocycles. The topological polar surface area (TPSA) is 187 Å². The molecule has 0 saturated heterocycles. The summed E-state index contributed by atoms with van der Waals surface area (Å²) in [7, 11) is -4.67. The van der Waals surface area contributed by atoms with Gasteiger partial charge in [-0.05, 0) is 12.8 Å². The smallest absolute Gasteiger partial charge is 0.369 e. The Labute approximate surface area is 111 Å². The molecule has 0 radical (unpaired) electrons. The van der Waals surface area contributed by atoms with Crippen LogP contribution in [-0.2, 0) is 10.4 Å². The number of guanidine groups is 2. The zero-order chi connectivity index (χ0) is 14.9. The predicted molar refractivity (Wildman–Crippen MR) is 70.9 cm³/mol. The van der Waals surface area contributed by atoms with Gasteiger partial charge in [0.15, 0.2) is 0 Å².